The molecule has 1 saturated carbocycles. The monoisotopic (exact) mass is 390 g/mol. The second-order valence-corrected chi connectivity index (χ2v) is 7.96. The molecular weight excluding hydrogens is 366 g/mol. The van der Waals surface area contributed by atoms with E-state index in [0.717, 1.165) is 37.8 Å². The first-order valence-electron chi connectivity index (χ1n) is 9.66. The Bertz CT molecular complexity index is 806. The number of rotatable bonds is 5. The molecule has 1 aliphatic carbocycles. The zero-order chi connectivity index (χ0) is 19.7. The van der Waals surface area contributed by atoms with Gasteiger partial charge < -0.3 is 10.2 Å². The Morgan fingerprint density at radius 1 is 1.32 bits per heavy atom. The third-order valence-corrected chi connectivity index (χ3v) is 5.87. The molecule has 1 saturated heterocycles. The van der Waals surface area contributed by atoms with Crippen molar-refractivity contribution in [3.63, 3.8) is 0 Å². The molecule has 2 aliphatic rings. The van der Waals surface area contributed by atoms with Crippen molar-refractivity contribution in [2.45, 2.75) is 50.5 Å². The van der Waals surface area contributed by atoms with Gasteiger partial charge in [0.05, 0.1) is 5.41 Å². The normalized spacial score (nSPS) is 24.1. The van der Waals surface area contributed by atoms with Crippen LogP contribution in [0.4, 0.5) is 14.7 Å². The minimum atomic E-state index is -2.50. The van der Waals surface area contributed by atoms with Crippen LogP contribution in [0.15, 0.2) is 24.3 Å². The molecule has 0 bridgehead atoms. The number of hydrogen-bond donors (Lipinski definition) is 2. The summed E-state index contributed by atoms with van der Waals surface area (Å²) in [5.41, 5.74) is 0.201. The zero-order valence-electron chi connectivity index (χ0n) is 15.7. The third-order valence-electron chi connectivity index (χ3n) is 5.87. The number of halogens is 2. The lowest BCUT2D eigenvalue weighted by atomic mass is 9.93. The van der Waals surface area contributed by atoms with Gasteiger partial charge in [0.15, 0.2) is 0 Å². The molecule has 2 fully saturated rings. The maximum atomic E-state index is 13.1. The van der Waals surface area contributed by atoms with Crippen molar-refractivity contribution in [3.8, 4) is 0 Å². The fourth-order valence-electron chi connectivity index (χ4n) is 4.03. The number of benzene rings is 1. The number of H-pyrrole nitrogens is 1. The molecular formula is C19H24F2N6O. The van der Waals surface area contributed by atoms with Gasteiger partial charge in [-0.2, -0.15) is 5.21 Å². The number of anilines is 1. The van der Waals surface area contributed by atoms with Crippen molar-refractivity contribution >= 4 is 11.9 Å². The highest BCUT2D eigenvalue weighted by Gasteiger charge is 2.51. The number of aromatic nitrogens is 4. The van der Waals surface area contributed by atoms with Gasteiger partial charge in [-0.05, 0) is 42.4 Å². The van der Waals surface area contributed by atoms with Crippen LogP contribution in [0.5, 0.6) is 0 Å². The Balaban J connectivity index is 1.47. The van der Waals surface area contributed by atoms with Crippen LogP contribution < -0.4 is 10.2 Å². The van der Waals surface area contributed by atoms with Crippen LogP contribution in [0.25, 0.3) is 0 Å². The molecule has 1 aliphatic heterocycles. The number of aromatic amines is 1. The predicted molar refractivity (Wildman–Crippen MR) is 99.0 cm³/mol. The Kier molecular flexibility index (Phi) is 4.99. The van der Waals surface area contributed by atoms with Crippen LogP contribution in [0, 0.1) is 5.92 Å². The van der Waals surface area contributed by atoms with Gasteiger partial charge >= 0.3 is 0 Å². The molecule has 1 aromatic carbocycles. The average molecular weight is 390 g/mol. The molecule has 2 atom stereocenters. The largest absolute Gasteiger partial charge is 0.351 e. The smallest absolute Gasteiger partial charge is 0.265 e. The van der Waals surface area contributed by atoms with Crippen molar-refractivity contribution in [1.82, 2.24) is 25.9 Å². The average Bonchev–Trinajstić information content (AvgIpc) is 3.36. The van der Waals surface area contributed by atoms with Crippen molar-refractivity contribution in [2.24, 2.45) is 5.92 Å². The van der Waals surface area contributed by atoms with Gasteiger partial charge in [0.1, 0.15) is 0 Å². The molecule has 9 heteroatoms. The van der Waals surface area contributed by atoms with Crippen LogP contribution in [-0.2, 0) is 10.2 Å². The molecule has 0 spiro atoms. The number of hydrogen-bond acceptors (Lipinski definition) is 5. The first-order chi connectivity index (χ1) is 13.5. The van der Waals surface area contributed by atoms with E-state index in [0.29, 0.717) is 18.4 Å². The fraction of sp³-hybridized carbons (Fsp3) is 0.579. The van der Waals surface area contributed by atoms with Crippen molar-refractivity contribution < 1.29 is 13.6 Å². The highest BCUT2D eigenvalue weighted by atomic mass is 19.3. The Hall–Kier alpha value is -2.58. The number of nitrogens with one attached hydrogen (secondary N) is 2. The van der Waals surface area contributed by atoms with Gasteiger partial charge in [-0.15, -0.1) is 5.10 Å². The maximum absolute atomic E-state index is 13.1. The van der Waals surface area contributed by atoms with Crippen molar-refractivity contribution in [3.05, 3.63) is 35.4 Å². The fourth-order valence-corrected chi connectivity index (χ4v) is 4.03. The maximum Gasteiger partial charge on any atom is 0.265 e. The van der Waals surface area contributed by atoms with Crippen LogP contribution in [0.1, 0.15) is 50.2 Å². The molecule has 0 radical (unpaired) electrons. The topological polar surface area (TPSA) is 86.8 Å². The molecule has 2 aromatic rings. The van der Waals surface area contributed by atoms with E-state index in [9.17, 15) is 13.6 Å². The van der Waals surface area contributed by atoms with Crippen LogP contribution >= 0.6 is 0 Å². The first kappa shape index (κ1) is 18.8. The quantitative estimate of drug-likeness (QED) is 0.820. The summed E-state index contributed by atoms with van der Waals surface area (Å²) >= 11 is 0. The third kappa shape index (κ3) is 3.70. The molecule has 2 unspecified atom stereocenters. The highest BCUT2D eigenvalue weighted by molar-refractivity contribution is 5.91. The summed E-state index contributed by atoms with van der Waals surface area (Å²) in [6.45, 7) is 3.61. The summed E-state index contributed by atoms with van der Waals surface area (Å²) in [4.78, 5) is 15.1. The minimum Gasteiger partial charge on any atom is -0.351 e. The second kappa shape index (κ2) is 7.44. The lowest BCUT2D eigenvalue weighted by molar-refractivity contribution is -0.124. The second-order valence-electron chi connectivity index (χ2n) is 7.96. The summed E-state index contributed by atoms with van der Waals surface area (Å²) in [6.07, 6.45) is 0.844. The first-order valence-corrected chi connectivity index (χ1v) is 9.66. The van der Waals surface area contributed by atoms with E-state index in [1.807, 2.05) is 4.90 Å². The summed E-state index contributed by atoms with van der Waals surface area (Å²) in [5, 5.41) is 17.4. The van der Waals surface area contributed by atoms with E-state index < -0.39 is 11.8 Å². The summed E-state index contributed by atoms with van der Waals surface area (Å²) < 4.78 is 25.6. The molecule has 28 heavy (non-hydrogen) atoms. The van der Waals surface area contributed by atoms with Gasteiger partial charge in [0.2, 0.25) is 5.91 Å². The zero-order valence-corrected chi connectivity index (χ0v) is 15.7. The van der Waals surface area contributed by atoms with E-state index in [1.54, 1.807) is 12.1 Å². The predicted octanol–water partition coefficient (Wildman–Crippen LogP) is 2.59. The standard InChI is InChI=1S/C19H24F2N6O/c1-12-6-9-27(18-23-25-26-24-18)11-15(10-12)22-17(28)19(7-8-19)14-4-2-13(3-5-14)16(20)21/h2-5,12,15-16H,6-11H2,1H3,(H,22,28)(H,23,24,25,26). The highest BCUT2D eigenvalue weighted by Crippen LogP contribution is 2.48. The summed E-state index contributed by atoms with van der Waals surface area (Å²) in [5.74, 6) is 0.976. The van der Waals surface area contributed by atoms with E-state index in [1.165, 1.54) is 12.1 Å². The summed E-state index contributed by atoms with van der Waals surface area (Å²) in [6, 6.07) is 6.13. The minimum absolute atomic E-state index is 0.0201. The Labute approximate surface area is 161 Å². The van der Waals surface area contributed by atoms with Gasteiger partial charge in [0, 0.05) is 24.7 Å². The number of nitrogens with zero attached hydrogens (tertiary/aromatic N) is 4. The van der Waals surface area contributed by atoms with E-state index in [4.69, 9.17) is 0 Å². The number of carbonyl (C=O) groups excluding carboxylic acids is 1. The molecule has 150 valence electrons. The van der Waals surface area contributed by atoms with Crippen LogP contribution in [-0.4, -0.2) is 45.7 Å². The number of alkyl halides is 2. The molecule has 4 rings (SSSR count). The molecule has 1 aromatic heterocycles. The number of carbonyl (C=O) groups is 1. The van der Waals surface area contributed by atoms with Gasteiger partial charge in [-0.1, -0.05) is 36.3 Å². The Morgan fingerprint density at radius 3 is 2.68 bits per heavy atom. The lowest BCUT2D eigenvalue weighted by Gasteiger charge is -2.26. The van der Waals surface area contributed by atoms with Crippen molar-refractivity contribution in [2.75, 3.05) is 18.0 Å². The van der Waals surface area contributed by atoms with Gasteiger partial charge in [0.25, 0.3) is 12.4 Å². The Morgan fingerprint density at radius 2 is 2.07 bits per heavy atom. The van der Waals surface area contributed by atoms with E-state index >= 15 is 0 Å². The molecule has 2 N–H and O–H groups in total. The molecule has 1 amide bonds. The summed E-state index contributed by atoms with van der Waals surface area (Å²) in [7, 11) is 0. The molecule has 2 heterocycles. The van der Waals surface area contributed by atoms with Gasteiger partial charge in [-0.25, -0.2) is 8.78 Å². The van der Waals surface area contributed by atoms with E-state index in [2.05, 4.69) is 32.9 Å². The number of tetrazole rings is 1. The van der Waals surface area contributed by atoms with Crippen LogP contribution in [0.3, 0.4) is 0 Å². The van der Waals surface area contributed by atoms with E-state index in [-0.39, 0.29) is 17.5 Å². The van der Waals surface area contributed by atoms with Crippen LogP contribution in [0.2, 0.25) is 0 Å². The lowest BCUT2D eigenvalue weighted by Crippen LogP contribution is -2.47. The molecule has 7 nitrogen and oxygen atoms in total. The van der Waals surface area contributed by atoms with Crippen molar-refractivity contribution in [1.29, 1.82) is 0 Å². The van der Waals surface area contributed by atoms with Gasteiger partial charge in [-0.3, -0.25) is 4.79 Å². The SMILES string of the molecule is CC1CCN(c2nn[nH]n2)CC(NC(=O)C2(c3ccc(C(F)F)cc3)CC2)C1. The number of amides is 1.